The monoisotopic (exact) mass is 407 g/mol. The third-order valence-electron chi connectivity index (χ3n) is 3.51. The van der Waals surface area contributed by atoms with Gasteiger partial charge in [0.1, 0.15) is 0 Å². The number of hydrogen-bond donors (Lipinski definition) is 1. The molecule has 0 saturated carbocycles. The van der Waals surface area contributed by atoms with Crippen molar-refractivity contribution >= 4 is 46.6 Å². The highest BCUT2D eigenvalue weighted by molar-refractivity contribution is 7.99. The summed E-state index contributed by atoms with van der Waals surface area (Å²) >= 11 is 13.5. The summed E-state index contributed by atoms with van der Waals surface area (Å²) < 4.78 is 1.65. The van der Waals surface area contributed by atoms with Crippen molar-refractivity contribution in [3.05, 3.63) is 58.1 Å². The van der Waals surface area contributed by atoms with Crippen LogP contribution in [0.1, 0.15) is 12.0 Å². The molecule has 0 atom stereocenters. The summed E-state index contributed by atoms with van der Waals surface area (Å²) in [6, 6.07) is 12.9. The van der Waals surface area contributed by atoms with Gasteiger partial charge >= 0.3 is 0 Å². The first-order valence-electron chi connectivity index (χ1n) is 7.76. The number of amides is 1. The van der Waals surface area contributed by atoms with Gasteiger partial charge in [0.2, 0.25) is 11.1 Å². The van der Waals surface area contributed by atoms with E-state index in [0.717, 1.165) is 11.3 Å². The smallest absolute Gasteiger partial charge is 0.225 e. The van der Waals surface area contributed by atoms with Crippen LogP contribution < -0.4 is 5.32 Å². The Kier molecular flexibility index (Phi) is 6.13. The third-order valence-corrected chi connectivity index (χ3v) is 5.06. The SMILES string of the molecule is Cc1ccc(-n2nnnc2SCCC(=O)Nc2c(Cl)cccc2Cl)cc1. The lowest BCUT2D eigenvalue weighted by Crippen LogP contribution is -2.13. The molecule has 0 aliphatic rings. The molecule has 0 aliphatic carbocycles. The number of benzene rings is 2. The maximum Gasteiger partial charge on any atom is 0.225 e. The minimum absolute atomic E-state index is 0.179. The number of carbonyl (C=O) groups excluding carboxylic acids is 1. The number of rotatable bonds is 6. The summed E-state index contributed by atoms with van der Waals surface area (Å²) in [4.78, 5) is 12.1. The number of nitrogens with one attached hydrogen (secondary N) is 1. The third kappa shape index (κ3) is 4.55. The number of thioether (sulfide) groups is 1. The second kappa shape index (κ2) is 8.53. The van der Waals surface area contributed by atoms with Gasteiger partial charge in [0.15, 0.2) is 0 Å². The predicted molar refractivity (Wildman–Crippen MR) is 104 cm³/mol. The highest BCUT2D eigenvalue weighted by Gasteiger charge is 2.12. The Labute approximate surface area is 164 Å². The molecule has 3 rings (SSSR count). The van der Waals surface area contributed by atoms with Crippen molar-refractivity contribution in [3.8, 4) is 5.69 Å². The van der Waals surface area contributed by atoms with Gasteiger partial charge in [-0.3, -0.25) is 4.79 Å². The van der Waals surface area contributed by atoms with Gasteiger partial charge in [-0.1, -0.05) is 58.7 Å². The molecule has 0 fully saturated rings. The van der Waals surface area contributed by atoms with E-state index in [1.165, 1.54) is 11.8 Å². The highest BCUT2D eigenvalue weighted by Crippen LogP contribution is 2.30. The van der Waals surface area contributed by atoms with Crippen LogP contribution in [0.25, 0.3) is 5.69 Å². The summed E-state index contributed by atoms with van der Waals surface area (Å²) in [5, 5.41) is 15.9. The van der Waals surface area contributed by atoms with Gasteiger partial charge in [0, 0.05) is 12.2 Å². The van der Waals surface area contributed by atoms with Gasteiger partial charge in [0.25, 0.3) is 0 Å². The summed E-state index contributed by atoms with van der Waals surface area (Å²) in [6.45, 7) is 2.02. The Bertz CT molecular complexity index is 894. The first-order chi connectivity index (χ1) is 12.5. The number of tetrazole rings is 1. The van der Waals surface area contributed by atoms with Gasteiger partial charge in [-0.05, 0) is 41.6 Å². The normalized spacial score (nSPS) is 10.7. The molecule has 1 amide bonds. The van der Waals surface area contributed by atoms with Gasteiger partial charge in [-0.15, -0.1) is 5.10 Å². The molecule has 9 heteroatoms. The second-order valence-electron chi connectivity index (χ2n) is 5.45. The molecule has 3 aromatic rings. The molecule has 1 aromatic heterocycles. The van der Waals surface area contributed by atoms with E-state index in [2.05, 4.69) is 20.8 Å². The number of aryl methyl sites for hydroxylation is 1. The van der Waals surface area contributed by atoms with Crippen molar-refractivity contribution in [1.29, 1.82) is 0 Å². The van der Waals surface area contributed by atoms with E-state index in [4.69, 9.17) is 23.2 Å². The number of para-hydroxylation sites is 1. The maximum atomic E-state index is 12.1. The fourth-order valence-electron chi connectivity index (χ4n) is 2.17. The molecule has 1 heterocycles. The van der Waals surface area contributed by atoms with Crippen molar-refractivity contribution in [2.45, 2.75) is 18.5 Å². The van der Waals surface area contributed by atoms with Crippen LogP contribution in [0.2, 0.25) is 10.0 Å². The van der Waals surface area contributed by atoms with E-state index >= 15 is 0 Å². The van der Waals surface area contributed by atoms with Crippen molar-refractivity contribution in [3.63, 3.8) is 0 Å². The van der Waals surface area contributed by atoms with E-state index in [-0.39, 0.29) is 12.3 Å². The van der Waals surface area contributed by atoms with Crippen LogP contribution in [0.5, 0.6) is 0 Å². The van der Waals surface area contributed by atoms with Crippen LogP contribution in [0, 0.1) is 6.92 Å². The number of hydrogen-bond acceptors (Lipinski definition) is 5. The molecule has 0 saturated heterocycles. The Morgan fingerprint density at radius 1 is 1.15 bits per heavy atom. The Morgan fingerprint density at radius 3 is 2.54 bits per heavy atom. The molecule has 2 aromatic carbocycles. The number of aromatic nitrogens is 4. The molecule has 0 spiro atoms. The zero-order chi connectivity index (χ0) is 18.5. The van der Waals surface area contributed by atoms with Gasteiger partial charge in [-0.25, -0.2) is 0 Å². The standard InChI is InChI=1S/C17H15Cl2N5OS/c1-11-5-7-12(8-6-11)24-17(21-22-23-24)26-10-9-15(25)20-16-13(18)3-2-4-14(16)19/h2-8H,9-10H2,1H3,(H,20,25). The van der Waals surface area contributed by atoms with Crippen LogP contribution in [0.3, 0.4) is 0 Å². The summed E-state index contributed by atoms with van der Waals surface area (Å²) in [5.41, 5.74) is 2.46. The summed E-state index contributed by atoms with van der Waals surface area (Å²) in [7, 11) is 0. The van der Waals surface area contributed by atoms with E-state index < -0.39 is 0 Å². The molecule has 0 aliphatic heterocycles. The average molecular weight is 408 g/mol. The number of nitrogens with zero attached hydrogens (tertiary/aromatic N) is 4. The molecular formula is C17H15Cl2N5OS. The lowest BCUT2D eigenvalue weighted by atomic mass is 10.2. The Hall–Kier alpha value is -2.09. The highest BCUT2D eigenvalue weighted by atomic mass is 35.5. The van der Waals surface area contributed by atoms with E-state index in [0.29, 0.717) is 26.6 Å². The van der Waals surface area contributed by atoms with Crippen molar-refractivity contribution < 1.29 is 4.79 Å². The molecule has 1 N–H and O–H groups in total. The molecule has 134 valence electrons. The number of halogens is 2. The minimum Gasteiger partial charge on any atom is -0.324 e. The van der Waals surface area contributed by atoms with Crippen LogP contribution in [-0.4, -0.2) is 31.9 Å². The molecule has 0 radical (unpaired) electrons. The Balaban J connectivity index is 1.58. The van der Waals surface area contributed by atoms with Gasteiger partial charge in [-0.2, -0.15) is 4.68 Å². The average Bonchev–Trinajstić information content (AvgIpc) is 3.07. The topological polar surface area (TPSA) is 72.7 Å². The van der Waals surface area contributed by atoms with Crippen LogP contribution >= 0.6 is 35.0 Å². The molecule has 6 nitrogen and oxygen atoms in total. The molecule has 26 heavy (non-hydrogen) atoms. The summed E-state index contributed by atoms with van der Waals surface area (Å²) in [5.74, 6) is 0.335. The fraction of sp³-hybridized carbons (Fsp3) is 0.176. The summed E-state index contributed by atoms with van der Waals surface area (Å²) in [6.07, 6.45) is 0.271. The van der Waals surface area contributed by atoms with Gasteiger partial charge < -0.3 is 5.32 Å². The molecular weight excluding hydrogens is 393 g/mol. The van der Waals surface area contributed by atoms with Crippen molar-refractivity contribution in [2.24, 2.45) is 0 Å². The lowest BCUT2D eigenvalue weighted by Gasteiger charge is -2.09. The molecule has 0 bridgehead atoms. The minimum atomic E-state index is -0.179. The largest absolute Gasteiger partial charge is 0.324 e. The van der Waals surface area contributed by atoms with E-state index in [1.54, 1.807) is 22.9 Å². The number of carbonyl (C=O) groups is 1. The van der Waals surface area contributed by atoms with E-state index in [1.807, 2.05) is 31.2 Å². The zero-order valence-corrected chi connectivity index (χ0v) is 16.1. The van der Waals surface area contributed by atoms with Crippen LogP contribution in [-0.2, 0) is 4.79 Å². The van der Waals surface area contributed by atoms with Gasteiger partial charge in [0.05, 0.1) is 21.4 Å². The van der Waals surface area contributed by atoms with Crippen molar-refractivity contribution in [1.82, 2.24) is 20.2 Å². The fourth-order valence-corrected chi connectivity index (χ4v) is 3.49. The maximum absolute atomic E-state index is 12.1. The molecule has 0 unspecified atom stereocenters. The van der Waals surface area contributed by atoms with E-state index in [9.17, 15) is 4.79 Å². The first kappa shape index (κ1) is 18.7. The quantitative estimate of drug-likeness (QED) is 0.612. The second-order valence-corrected chi connectivity index (χ2v) is 7.33. The predicted octanol–water partition coefficient (Wildman–Crippen LogP) is 4.40. The Morgan fingerprint density at radius 2 is 1.85 bits per heavy atom. The zero-order valence-electron chi connectivity index (χ0n) is 13.8. The van der Waals surface area contributed by atoms with Crippen LogP contribution in [0.4, 0.5) is 5.69 Å². The first-order valence-corrected chi connectivity index (χ1v) is 9.51. The van der Waals surface area contributed by atoms with Crippen molar-refractivity contribution in [2.75, 3.05) is 11.1 Å². The number of anilines is 1. The van der Waals surface area contributed by atoms with Crippen LogP contribution in [0.15, 0.2) is 47.6 Å². The lowest BCUT2D eigenvalue weighted by molar-refractivity contribution is -0.115.